The Hall–Kier alpha value is -3.68. The molecule has 1 aliphatic rings. The summed E-state index contributed by atoms with van der Waals surface area (Å²) in [6.45, 7) is 0. The topological polar surface area (TPSA) is 117 Å². The van der Waals surface area contributed by atoms with E-state index in [1.807, 2.05) is 6.07 Å². The Morgan fingerprint density at radius 3 is 2.86 bits per heavy atom. The standard InChI is InChI=1S/C20H17N5O3/c26-16-10-18(14-5-6-21-23-14)28-17-4-1-11(7-13(16)17)8-20(27)22-19-9-15(24-25-19)12-2-3-12/h1,4-7,9-10,12H,2-3,8H2,(H,21,23)(H2,22,24,25,27). The highest BCUT2D eigenvalue weighted by molar-refractivity contribution is 5.92. The number of aromatic nitrogens is 4. The van der Waals surface area contributed by atoms with Crippen LogP contribution in [0.3, 0.4) is 0 Å². The average Bonchev–Trinajstić information content (AvgIpc) is 3.18. The maximum atomic E-state index is 12.5. The predicted octanol–water partition coefficient (Wildman–Crippen LogP) is 2.96. The van der Waals surface area contributed by atoms with Gasteiger partial charge in [0.1, 0.15) is 11.3 Å². The maximum absolute atomic E-state index is 12.5. The first-order valence-corrected chi connectivity index (χ1v) is 9.07. The number of carbonyl (C=O) groups excluding carboxylic acids is 1. The van der Waals surface area contributed by atoms with Crippen LogP contribution >= 0.6 is 0 Å². The van der Waals surface area contributed by atoms with E-state index in [1.54, 1.807) is 30.5 Å². The first-order valence-electron chi connectivity index (χ1n) is 9.07. The van der Waals surface area contributed by atoms with Gasteiger partial charge >= 0.3 is 0 Å². The van der Waals surface area contributed by atoms with E-state index in [0.717, 1.165) is 24.1 Å². The molecule has 4 aromatic rings. The molecule has 3 heterocycles. The molecule has 1 fully saturated rings. The number of nitrogens with zero attached hydrogens (tertiary/aromatic N) is 2. The van der Waals surface area contributed by atoms with Crippen molar-refractivity contribution in [1.29, 1.82) is 0 Å². The minimum absolute atomic E-state index is 0.142. The minimum atomic E-state index is -0.188. The van der Waals surface area contributed by atoms with Gasteiger partial charge in [-0.25, -0.2) is 0 Å². The van der Waals surface area contributed by atoms with Crippen molar-refractivity contribution in [2.45, 2.75) is 25.2 Å². The van der Waals surface area contributed by atoms with Gasteiger partial charge in [-0.2, -0.15) is 10.2 Å². The second kappa shape index (κ2) is 6.49. The Balaban J connectivity index is 1.35. The van der Waals surface area contributed by atoms with E-state index in [-0.39, 0.29) is 17.8 Å². The normalized spacial score (nSPS) is 13.7. The summed E-state index contributed by atoms with van der Waals surface area (Å²) in [6.07, 6.45) is 4.06. The fourth-order valence-corrected chi connectivity index (χ4v) is 3.22. The van der Waals surface area contributed by atoms with Gasteiger partial charge in [0, 0.05) is 29.9 Å². The molecule has 5 rings (SSSR count). The number of hydrogen-bond donors (Lipinski definition) is 3. The summed E-state index contributed by atoms with van der Waals surface area (Å²) in [4.78, 5) is 24.8. The van der Waals surface area contributed by atoms with E-state index < -0.39 is 0 Å². The summed E-state index contributed by atoms with van der Waals surface area (Å²) in [5, 5.41) is 17.0. The Bertz CT molecular complexity index is 1220. The van der Waals surface area contributed by atoms with Gasteiger partial charge in [-0.15, -0.1) is 0 Å². The summed E-state index contributed by atoms with van der Waals surface area (Å²) in [6, 6.07) is 10.2. The lowest BCUT2D eigenvalue weighted by Gasteiger charge is -2.05. The molecular formula is C20H17N5O3. The molecule has 0 atom stereocenters. The van der Waals surface area contributed by atoms with Crippen LogP contribution in [0.25, 0.3) is 22.4 Å². The second-order valence-electron chi connectivity index (χ2n) is 6.98. The molecule has 0 spiro atoms. The van der Waals surface area contributed by atoms with Crippen LogP contribution in [0.2, 0.25) is 0 Å². The quantitative estimate of drug-likeness (QED) is 0.496. The summed E-state index contributed by atoms with van der Waals surface area (Å²) in [5.74, 6) is 1.30. The summed E-state index contributed by atoms with van der Waals surface area (Å²) < 4.78 is 5.79. The summed E-state index contributed by atoms with van der Waals surface area (Å²) in [5.41, 5.74) is 2.71. The van der Waals surface area contributed by atoms with Gasteiger partial charge in [-0.1, -0.05) is 6.07 Å². The molecule has 1 aromatic carbocycles. The SMILES string of the molecule is O=C(Cc1ccc2oc(-c3ccn[nH]3)cc(=O)c2c1)Nc1cc(C2CC2)[nH]n1. The molecule has 0 aliphatic heterocycles. The number of H-pyrrole nitrogens is 2. The molecule has 0 radical (unpaired) electrons. The average molecular weight is 375 g/mol. The van der Waals surface area contributed by atoms with Crippen LogP contribution in [0.15, 0.2) is 51.8 Å². The molecule has 0 saturated heterocycles. The second-order valence-corrected chi connectivity index (χ2v) is 6.98. The largest absolute Gasteiger partial charge is 0.454 e. The molecule has 28 heavy (non-hydrogen) atoms. The van der Waals surface area contributed by atoms with Crippen LogP contribution in [-0.2, 0) is 11.2 Å². The first-order chi connectivity index (χ1) is 13.7. The monoisotopic (exact) mass is 375 g/mol. The number of nitrogens with one attached hydrogen (secondary N) is 3. The van der Waals surface area contributed by atoms with Crippen molar-refractivity contribution in [3.8, 4) is 11.5 Å². The molecule has 1 aliphatic carbocycles. The smallest absolute Gasteiger partial charge is 0.229 e. The highest BCUT2D eigenvalue weighted by Crippen LogP contribution is 2.39. The third-order valence-corrected chi connectivity index (χ3v) is 4.80. The minimum Gasteiger partial charge on any atom is -0.454 e. The lowest BCUT2D eigenvalue weighted by molar-refractivity contribution is -0.115. The molecular weight excluding hydrogens is 358 g/mol. The van der Waals surface area contributed by atoms with E-state index >= 15 is 0 Å². The number of aromatic amines is 2. The Morgan fingerprint density at radius 1 is 1.18 bits per heavy atom. The first kappa shape index (κ1) is 16.5. The Kier molecular flexibility index (Phi) is 3.82. The van der Waals surface area contributed by atoms with Gasteiger partial charge in [0.25, 0.3) is 0 Å². The number of fused-ring (bicyclic) bond motifs is 1. The Morgan fingerprint density at radius 2 is 2.07 bits per heavy atom. The van der Waals surface area contributed by atoms with E-state index in [1.165, 1.54) is 6.07 Å². The molecule has 1 saturated carbocycles. The number of carbonyl (C=O) groups is 1. The lowest BCUT2D eigenvalue weighted by atomic mass is 10.1. The van der Waals surface area contributed by atoms with Crippen molar-refractivity contribution in [2.24, 2.45) is 0 Å². The van der Waals surface area contributed by atoms with E-state index in [9.17, 15) is 9.59 Å². The van der Waals surface area contributed by atoms with E-state index in [4.69, 9.17) is 4.42 Å². The van der Waals surface area contributed by atoms with Gasteiger partial charge in [-0.05, 0) is 36.6 Å². The zero-order chi connectivity index (χ0) is 19.1. The van der Waals surface area contributed by atoms with Gasteiger partial charge in [0.15, 0.2) is 17.0 Å². The van der Waals surface area contributed by atoms with Crippen LogP contribution in [0.5, 0.6) is 0 Å². The fraction of sp³-hybridized carbons (Fsp3) is 0.200. The van der Waals surface area contributed by atoms with Crippen molar-refractivity contribution in [3.63, 3.8) is 0 Å². The van der Waals surface area contributed by atoms with Crippen LogP contribution in [-0.4, -0.2) is 26.3 Å². The third kappa shape index (κ3) is 3.20. The Labute approximate surface area is 159 Å². The molecule has 140 valence electrons. The fourth-order valence-electron chi connectivity index (χ4n) is 3.22. The van der Waals surface area contributed by atoms with Crippen LogP contribution in [0.1, 0.15) is 30.0 Å². The highest BCUT2D eigenvalue weighted by Gasteiger charge is 2.25. The van der Waals surface area contributed by atoms with Gasteiger partial charge in [0.05, 0.1) is 11.8 Å². The molecule has 1 amide bonds. The van der Waals surface area contributed by atoms with E-state index in [0.29, 0.717) is 34.2 Å². The molecule has 8 nitrogen and oxygen atoms in total. The number of benzene rings is 1. The molecule has 8 heteroatoms. The zero-order valence-corrected chi connectivity index (χ0v) is 14.9. The number of amides is 1. The van der Waals surface area contributed by atoms with Crippen LogP contribution in [0, 0.1) is 0 Å². The molecule has 0 bridgehead atoms. The lowest BCUT2D eigenvalue weighted by Crippen LogP contribution is -2.15. The maximum Gasteiger partial charge on any atom is 0.229 e. The third-order valence-electron chi connectivity index (χ3n) is 4.80. The van der Waals surface area contributed by atoms with Crippen LogP contribution < -0.4 is 10.7 Å². The number of rotatable bonds is 5. The van der Waals surface area contributed by atoms with Gasteiger partial charge in [0.2, 0.25) is 5.91 Å². The zero-order valence-electron chi connectivity index (χ0n) is 14.9. The molecule has 3 N–H and O–H groups in total. The van der Waals surface area contributed by atoms with Crippen molar-refractivity contribution < 1.29 is 9.21 Å². The van der Waals surface area contributed by atoms with Crippen molar-refractivity contribution in [2.75, 3.05) is 5.32 Å². The summed E-state index contributed by atoms with van der Waals surface area (Å²) >= 11 is 0. The predicted molar refractivity (Wildman–Crippen MR) is 103 cm³/mol. The summed E-state index contributed by atoms with van der Waals surface area (Å²) in [7, 11) is 0. The van der Waals surface area contributed by atoms with Gasteiger partial charge in [-0.3, -0.25) is 19.8 Å². The van der Waals surface area contributed by atoms with Crippen molar-refractivity contribution >= 4 is 22.7 Å². The molecule has 3 aromatic heterocycles. The van der Waals surface area contributed by atoms with Crippen molar-refractivity contribution in [3.05, 3.63) is 64.1 Å². The number of hydrogen-bond acceptors (Lipinski definition) is 5. The van der Waals surface area contributed by atoms with E-state index in [2.05, 4.69) is 25.7 Å². The van der Waals surface area contributed by atoms with Gasteiger partial charge < -0.3 is 9.73 Å². The van der Waals surface area contributed by atoms with Crippen LogP contribution in [0.4, 0.5) is 5.82 Å². The highest BCUT2D eigenvalue weighted by atomic mass is 16.3. The van der Waals surface area contributed by atoms with Crippen molar-refractivity contribution in [1.82, 2.24) is 20.4 Å². The number of anilines is 1. The molecule has 0 unspecified atom stereocenters.